The first-order valence-electron chi connectivity index (χ1n) is 7.48. The summed E-state index contributed by atoms with van der Waals surface area (Å²) in [6.07, 6.45) is -1.000. The Balaban J connectivity index is 1.92. The van der Waals surface area contributed by atoms with Crippen LogP contribution in [0.25, 0.3) is 5.52 Å². The van der Waals surface area contributed by atoms with E-state index in [9.17, 15) is 4.79 Å². The summed E-state index contributed by atoms with van der Waals surface area (Å²) < 4.78 is 29.3. The van der Waals surface area contributed by atoms with Gasteiger partial charge in [-0.05, 0) is 18.2 Å². The summed E-state index contributed by atoms with van der Waals surface area (Å²) >= 11 is 0. The lowest BCUT2D eigenvalue weighted by molar-refractivity contribution is -0.0564. The van der Waals surface area contributed by atoms with Crippen LogP contribution < -0.4 is 0 Å². The van der Waals surface area contributed by atoms with Gasteiger partial charge in [-0.15, -0.1) is 0 Å². The molecule has 0 amide bonds. The van der Waals surface area contributed by atoms with Gasteiger partial charge < -0.3 is 28.1 Å². The van der Waals surface area contributed by atoms with Crippen molar-refractivity contribution in [1.82, 2.24) is 4.40 Å². The summed E-state index contributed by atoms with van der Waals surface area (Å²) in [5, 5.41) is 0. The monoisotopic (exact) mass is 319 g/mol. The van der Waals surface area contributed by atoms with Gasteiger partial charge >= 0.3 is 5.97 Å². The Morgan fingerprint density at radius 1 is 1.04 bits per heavy atom. The number of nitrogens with zero attached hydrogens (tertiary/aromatic N) is 1. The lowest BCUT2D eigenvalue weighted by Gasteiger charge is -2.16. The lowest BCUT2D eigenvalue weighted by atomic mass is 10.2. The fourth-order valence-corrected chi connectivity index (χ4v) is 3.00. The van der Waals surface area contributed by atoms with Gasteiger partial charge in [-0.3, -0.25) is 0 Å². The number of hydrogen-bond donors (Lipinski definition) is 0. The normalized spacial score (nSPS) is 19.7. The highest BCUT2D eigenvalue weighted by Gasteiger charge is 2.29. The van der Waals surface area contributed by atoms with Gasteiger partial charge in [0.2, 0.25) is 0 Å². The first kappa shape index (κ1) is 14.6. The molecule has 2 aromatic heterocycles. The second kappa shape index (κ2) is 5.93. The number of fused-ring (bicyclic) bond motifs is 1. The summed E-state index contributed by atoms with van der Waals surface area (Å²) in [7, 11) is 1.36. The number of aromatic nitrogens is 1. The average molecular weight is 319 g/mol. The van der Waals surface area contributed by atoms with Crippen LogP contribution in [0, 0.1) is 0 Å². The quantitative estimate of drug-likeness (QED) is 0.804. The summed E-state index contributed by atoms with van der Waals surface area (Å²) in [5.74, 6) is -0.405. The van der Waals surface area contributed by atoms with Crippen LogP contribution in [0.1, 0.15) is 34.3 Å². The van der Waals surface area contributed by atoms with Crippen molar-refractivity contribution in [2.45, 2.75) is 12.6 Å². The first-order chi connectivity index (χ1) is 11.3. The predicted molar refractivity (Wildman–Crippen MR) is 78.0 cm³/mol. The van der Waals surface area contributed by atoms with Gasteiger partial charge in [0.05, 0.1) is 56.0 Å². The summed E-state index contributed by atoms with van der Waals surface area (Å²) in [5.41, 5.74) is 2.70. The maximum absolute atomic E-state index is 12.1. The van der Waals surface area contributed by atoms with Crippen molar-refractivity contribution >= 4 is 11.5 Å². The third-order valence-electron chi connectivity index (χ3n) is 3.98. The molecule has 0 atom stereocenters. The molecule has 0 radical (unpaired) electrons. The second-order valence-electron chi connectivity index (χ2n) is 5.29. The number of carbonyl (C=O) groups excluding carboxylic acids is 1. The van der Waals surface area contributed by atoms with Crippen molar-refractivity contribution in [3.8, 4) is 0 Å². The maximum Gasteiger partial charge on any atom is 0.340 e. The third-order valence-corrected chi connectivity index (χ3v) is 3.98. The molecule has 4 heterocycles. The first-order valence-corrected chi connectivity index (χ1v) is 7.48. The van der Waals surface area contributed by atoms with Crippen LogP contribution in [-0.2, 0) is 23.7 Å². The number of methoxy groups -OCH3 is 1. The number of rotatable bonds is 3. The Morgan fingerprint density at radius 2 is 1.65 bits per heavy atom. The molecule has 0 bridgehead atoms. The van der Waals surface area contributed by atoms with Crippen LogP contribution in [0.4, 0.5) is 0 Å². The van der Waals surface area contributed by atoms with Gasteiger partial charge in [0.1, 0.15) is 0 Å². The Morgan fingerprint density at radius 3 is 2.26 bits per heavy atom. The number of carbonyl (C=O) groups is 1. The molecule has 0 aliphatic carbocycles. The molecule has 4 rings (SSSR count). The molecule has 0 spiro atoms. The third kappa shape index (κ3) is 2.42. The van der Waals surface area contributed by atoms with Crippen LogP contribution in [0.15, 0.2) is 24.3 Å². The Hall–Kier alpha value is -1.93. The van der Waals surface area contributed by atoms with E-state index in [1.54, 1.807) is 6.07 Å². The van der Waals surface area contributed by atoms with Gasteiger partial charge in [0, 0.05) is 0 Å². The molecule has 0 N–H and O–H groups in total. The highest BCUT2D eigenvalue weighted by atomic mass is 16.7. The van der Waals surface area contributed by atoms with Gasteiger partial charge in [0.25, 0.3) is 0 Å². The van der Waals surface area contributed by atoms with Crippen LogP contribution in [0.5, 0.6) is 0 Å². The van der Waals surface area contributed by atoms with Crippen LogP contribution in [-0.4, -0.2) is 43.9 Å². The predicted octanol–water partition coefficient (Wildman–Crippen LogP) is 1.82. The van der Waals surface area contributed by atoms with Gasteiger partial charge in [-0.25, -0.2) is 4.79 Å². The molecule has 2 saturated heterocycles. The Bertz CT molecular complexity index is 727. The fourth-order valence-electron chi connectivity index (χ4n) is 3.00. The van der Waals surface area contributed by atoms with E-state index < -0.39 is 18.5 Å². The molecular weight excluding hydrogens is 302 g/mol. The minimum absolute atomic E-state index is 0.405. The molecule has 7 heteroatoms. The van der Waals surface area contributed by atoms with Crippen molar-refractivity contribution < 1.29 is 28.5 Å². The number of ether oxygens (including phenoxy) is 5. The minimum Gasteiger partial charge on any atom is -0.465 e. The van der Waals surface area contributed by atoms with Crippen molar-refractivity contribution in [3.05, 3.63) is 41.2 Å². The Labute approximate surface area is 132 Å². The molecular formula is C16H17NO6. The maximum atomic E-state index is 12.1. The summed E-state index contributed by atoms with van der Waals surface area (Å²) in [6, 6.07) is 7.36. The van der Waals surface area contributed by atoms with Crippen molar-refractivity contribution in [1.29, 1.82) is 0 Å². The van der Waals surface area contributed by atoms with Crippen molar-refractivity contribution in [2.24, 2.45) is 0 Å². The topological polar surface area (TPSA) is 67.6 Å². The SMILES string of the molecule is COC(=O)c1cc(C2OCCO2)n2c(C3OCCO3)cccc12. The van der Waals surface area contributed by atoms with Gasteiger partial charge in [-0.1, -0.05) is 6.07 Å². The standard InChI is InChI=1S/C16H17NO6/c1-19-14(18)10-9-13(16-22-7-8-23-16)17-11(10)3-2-4-12(17)15-20-5-6-21-15/h2-4,9,15-16H,5-8H2,1H3. The van der Waals surface area contributed by atoms with E-state index in [1.807, 2.05) is 22.6 Å². The number of esters is 1. The molecule has 23 heavy (non-hydrogen) atoms. The molecule has 0 unspecified atom stereocenters. The van der Waals surface area contributed by atoms with Crippen LogP contribution in [0.3, 0.4) is 0 Å². The van der Waals surface area contributed by atoms with E-state index in [1.165, 1.54) is 7.11 Å². The van der Waals surface area contributed by atoms with E-state index >= 15 is 0 Å². The molecule has 2 fully saturated rings. The zero-order chi connectivity index (χ0) is 15.8. The highest BCUT2D eigenvalue weighted by Crippen LogP contribution is 2.33. The molecule has 2 aromatic rings. The minimum atomic E-state index is -0.525. The largest absolute Gasteiger partial charge is 0.465 e. The van der Waals surface area contributed by atoms with Crippen LogP contribution in [0.2, 0.25) is 0 Å². The van der Waals surface area contributed by atoms with E-state index in [0.717, 1.165) is 11.4 Å². The van der Waals surface area contributed by atoms with Gasteiger partial charge in [0.15, 0.2) is 12.6 Å². The van der Waals surface area contributed by atoms with E-state index in [2.05, 4.69) is 0 Å². The smallest absolute Gasteiger partial charge is 0.340 e. The fraction of sp³-hybridized carbons (Fsp3) is 0.438. The Kier molecular flexibility index (Phi) is 3.78. The molecule has 2 aliphatic rings. The lowest BCUT2D eigenvalue weighted by Crippen LogP contribution is -2.10. The second-order valence-corrected chi connectivity index (χ2v) is 5.29. The van der Waals surface area contributed by atoms with Crippen LogP contribution >= 0.6 is 0 Å². The molecule has 0 saturated carbocycles. The highest BCUT2D eigenvalue weighted by molar-refractivity contribution is 5.97. The van der Waals surface area contributed by atoms with Crippen molar-refractivity contribution in [2.75, 3.05) is 33.5 Å². The summed E-state index contributed by atoms with van der Waals surface area (Å²) in [4.78, 5) is 12.1. The molecule has 0 aromatic carbocycles. The van der Waals surface area contributed by atoms with E-state index in [-0.39, 0.29) is 0 Å². The zero-order valence-electron chi connectivity index (χ0n) is 12.7. The average Bonchev–Trinajstić information content (AvgIpc) is 3.32. The molecule has 2 aliphatic heterocycles. The molecule has 7 nitrogen and oxygen atoms in total. The number of hydrogen-bond acceptors (Lipinski definition) is 6. The van der Waals surface area contributed by atoms with Gasteiger partial charge in [-0.2, -0.15) is 0 Å². The van der Waals surface area contributed by atoms with E-state index in [0.29, 0.717) is 37.5 Å². The zero-order valence-corrected chi connectivity index (χ0v) is 12.7. The summed E-state index contributed by atoms with van der Waals surface area (Å²) in [6.45, 7) is 2.12. The molecule has 122 valence electrons. The van der Waals surface area contributed by atoms with Crippen molar-refractivity contribution in [3.63, 3.8) is 0 Å². The number of pyridine rings is 1. The van der Waals surface area contributed by atoms with E-state index in [4.69, 9.17) is 23.7 Å².